The second-order valence-electron chi connectivity index (χ2n) is 4.54. The third-order valence-electron chi connectivity index (χ3n) is 2.90. The van der Waals surface area contributed by atoms with Crippen molar-refractivity contribution in [2.24, 2.45) is 5.73 Å². The monoisotopic (exact) mass is 241 g/mol. The average molecular weight is 241 g/mol. The first-order valence-electron chi connectivity index (χ1n) is 6.01. The van der Waals surface area contributed by atoms with Crippen molar-refractivity contribution in [3.05, 3.63) is 54.4 Å². The summed E-state index contributed by atoms with van der Waals surface area (Å²) >= 11 is 0. The predicted molar refractivity (Wildman–Crippen MR) is 71.1 cm³/mol. The molecule has 2 aromatic rings. The molecule has 0 atom stereocenters. The number of benzene rings is 1. The summed E-state index contributed by atoms with van der Waals surface area (Å²) in [4.78, 5) is 11.5. The Morgan fingerprint density at radius 2 is 1.78 bits per heavy atom. The first kappa shape index (κ1) is 12.3. The molecule has 0 aliphatic rings. The fourth-order valence-electron chi connectivity index (χ4n) is 2.16. The average Bonchev–Trinajstić information content (AvgIpc) is 2.38. The number of carbonyl (C=O) groups excluding carboxylic acids is 1. The third-order valence-corrected chi connectivity index (χ3v) is 2.90. The molecule has 0 aliphatic heterocycles. The molecule has 1 aromatic heterocycles. The zero-order valence-corrected chi connectivity index (χ0v) is 10.6. The van der Waals surface area contributed by atoms with Gasteiger partial charge in [-0.2, -0.15) is 9.36 Å². The molecule has 0 aliphatic carbocycles. The van der Waals surface area contributed by atoms with Crippen LogP contribution in [-0.2, 0) is 0 Å². The number of amides is 1. The van der Waals surface area contributed by atoms with Crippen LogP contribution in [0.15, 0.2) is 48.7 Å². The fourth-order valence-corrected chi connectivity index (χ4v) is 2.16. The van der Waals surface area contributed by atoms with E-state index in [0.29, 0.717) is 0 Å². The minimum Gasteiger partial charge on any atom is -0.250 e. The molecule has 1 heterocycles. The smallest absolute Gasteiger partial charge is 0.250 e. The largest absolute Gasteiger partial charge is 0.493 e. The summed E-state index contributed by atoms with van der Waals surface area (Å²) in [5, 5.41) is 0. The molecule has 0 unspecified atom stereocenters. The van der Waals surface area contributed by atoms with Crippen molar-refractivity contribution in [3.63, 3.8) is 0 Å². The van der Waals surface area contributed by atoms with Crippen molar-refractivity contribution in [1.29, 1.82) is 0 Å². The van der Waals surface area contributed by atoms with E-state index in [-0.39, 0.29) is 5.92 Å². The molecule has 3 nitrogen and oxygen atoms in total. The van der Waals surface area contributed by atoms with E-state index in [1.807, 2.05) is 42.5 Å². The predicted octanol–water partition coefficient (Wildman–Crippen LogP) is 2.69. The highest BCUT2D eigenvalue weighted by Crippen LogP contribution is 2.25. The van der Waals surface area contributed by atoms with Gasteiger partial charge in [0.2, 0.25) is 0 Å². The Morgan fingerprint density at radius 1 is 1.11 bits per heavy atom. The third kappa shape index (κ3) is 2.25. The summed E-state index contributed by atoms with van der Waals surface area (Å²) < 4.78 is 1.52. The standard InChI is InChI=1S/C15H16N2O/c1-11(2)14-13(12-7-4-3-5-8-12)9-6-10-17(14)15(16)18/h3-11H,1-2H3,(H-,16,18)/p+1. The van der Waals surface area contributed by atoms with Gasteiger partial charge in [-0.3, -0.25) is 5.73 Å². The Bertz CT molecular complexity index is 562. The zero-order valence-electron chi connectivity index (χ0n) is 10.6. The molecule has 1 aromatic carbocycles. The van der Waals surface area contributed by atoms with Gasteiger partial charge in [0, 0.05) is 11.5 Å². The van der Waals surface area contributed by atoms with Crippen molar-refractivity contribution in [2.75, 3.05) is 0 Å². The van der Waals surface area contributed by atoms with Crippen LogP contribution in [0.2, 0.25) is 0 Å². The number of nitrogens with zero attached hydrogens (tertiary/aromatic N) is 1. The quantitative estimate of drug-likeness (QED) is 0.807. The number of primary amides is 1. The van der Waals surface area contributed by atoms with Gasteiger partial charge in [-0.1, -0.05) is 44.2 Å². The second-order valence-corrected chi connectivity index (χ2v) is 4.54. The topological polar surface area (TPSA) is 47.0 Å². The van der Waals surface area contributed by atoms with E-state index in [2.05, 4.69) is 13.8 Å². The Kier molecular flexibility index (Phi) is 3.42. The van der Waals surface area contributed by atoms with E-state index in [0.717, 1.165) is 16.8 Å². The molecule has 2 N–H and O–H groups in total. The minimum absolute atomic E-state index is 0.217. The van der Waals surface area contributed by atoms with Gasteiger partial charge < -0.3 is 0 Å². The molecule has 0 spiro atoms. The van der Waals surface area contributed by atoms with Gasteiger partial charge in [0.25, 0.3) is 0 Å². The number of hydrogen-bond donors (Lipinski definition) is 1. The van der Waals surface area contributed by atoms with Crippen LogP contribution in [0.1, 0.15) is 25.5 Å². The van der Waals surface area contributed by atoms with E-state index >= 15 is 0 Å². The SMILES string of the molecule is CC(C)c1c(-c2ccccc2)ccc[n+]1C(N)=O. The summed E-state index contributed by atoms with van der Waals surface area (Å²) in [7, 11) is 0. The Balaban J connectivity index is 2.68. The van der Waals surface area contributed by atoms with Crippen molar-refractivity contribution in [2.45, 2.75) is 19.8 Å². The molecule has 1 amide bonds. The summed E-state index contributed by atoms with van der Waals surface area (Å²) in [6, 6.07) is 13.4. The maximum Gasteiger partial charge on any atom is 0.493 e. The summed E-state index contributed by atoms with van der Waals surface area (Å²) in [5.41, 5.74) is 8.51. The Labute approximate surface area is 107 Å². The zero-order chi connectivity index (χ0) is 13.1. The maximum atomic E-state index is 11.5. The van der Waals surface area contributed by atoms with Gasteiger partial charge in [-0.15, -0.1) is 0 Å². The molecule has 18 heavy (non-hydrogen) atoms. The van der Waals surface area contributed by atoms with Crippen LogP contribution in [0, 0.1) is 0 Å². The molecule has 0 saturated carbocycles. The number of carbonyl (C=O) groups is 1. The van der Waals surface area contributed by atoms with Gasteiger partial charge in [0.1, 0.15) is 5.69 Å². The molecule has 0 fully saturated rings. The second kappa shape index (κ2) is 5.00. The first-order chi connectivity index (χ1) is 8.61. The highest BCUT2D eigenvalue weighted by molar-refractivity contribution is 5.68. The molecule has 92 valence electrons. The van der Waals surface area contributed by atoms with Crippen LogP contribution >= 0.6 is 0 Å². The van der Waals surface area contributed by atoms with Gasteiger partial charge >= 0.3 is 6.03 Å². The van der Waals surface area contributed by atoms with Crippen LogP contribution in [-0.4, -0.2) is 6.03 Å². The number of pyridine rings is 1. The van der Waals surface area contributed by atoms with Crippen LogP contribution in [0.4, 0.5) is 4.79 Å². The highest BCUT2D eigenvalue weighted by Gasteiger charge is 2.20. The Hall–Kier alpha value is -2.16. The molecular weight excluding hydrogens is 224 g/mol. The highest BCUT2D eigenvalue weighted by atomic mass is 16.2. The van der Waals surface area contributed by atoms with E-state index in [1.54, 1.807) is 6.20 Å². The lowest BCUT2D eigenvalue weighted by atomic mass is 9.97. The summed E-state index contributed by atoms with van der Waals surface area (Å²) in [5.74, 6) is 0.217. The molecule has 0 radical (unpaired) electrons. The summed E-state index contributed by atoms with van der Waals surface area (Å²) in [6.07, 6.45) is 1.71. The van der Waals surface area contributed by atoms with Crippen molar-refractivity contribution >= 4 is 6.03 Å². The van der Waals surface area contributed by atoms with Gasteiger partial charge in [-0.25, -0.2) is 0 Å². The van der Waals surface area contributed by atoms with E-state index in [4.69, 9.17) is 5.73 Å². The lowest BCUT2D eigenvalue weighted by molar-refractivity contribution is -0.579. The lowest BCUT2D eigenvalue weighted by Crippen LogP contribution is -2.50. The van der Waals surface area contributed by atoms with Crippen LogP contribution < -0.4 is 10.3 Å². The van der Waals surface area contributed by atoms with Gasteiger partial charge in [0.05, 0.1) is 6.20 Å². The van der Waals surface area contributed by atoms with Crippen LogP contribution in [0.25, 0.3) is 11.1 Å². The van der Waals surface area contributed by atoms with E-state index in [9.17, 15) is 4.79 Å². The van der Waals surface area contributed by atoms with Gasteiger partial charge in [0.15, 0.2) is 0 Å². The van der Waals surface area contributed by atoms with Crippen molar-refractivity contribution in [1.82, 2.24) is 0 Å². The minimum atomic E-state index is -0.448. The number of hydrogen-bond acceptors (Lipinski definition) is 1. The maximum absolute atomic E-state index is 11.5. The van der Waals surface area contributed by atoms with Crippen LogP contribution in [0.3, 0.4) is 0 Å². The molecule has 3 heteroatoms. The number of aromatic nitrogens is 1. The number of nitrogens with two attached hydrogens (primary N) is 1. The van der Waals surface area contributed by atoms with Crippen molar-refractivity contribution < 1.29 is 9.36 Å². The van der Waals surface area contributed by atoms with Crippen LogP contribution in [0.5, 0.6) is 0 Å². The molecule has 0 saturated heterocycles. The number of rotatable bonds is 2. The summed E-state index contributed by atoms with van der Waals surface area (Å²) in [6.45, 7) is 4.11. The van der Waals surface area contributed by atoms with E-state index < -0.39 is 6.03 Å². The molecule has 2 rings (SSSR count). The first-order valence-corrected chi connectivity index (χ1v) is 6.01. The lowest BCUT2D eigenvalue weighted by Gasteiger charge is -2.13. The Morgan fingerprint density at radius 3 is 2.33 bits per heavy atom. The molecule has 0 bridgehead atoms. The van der Waals surface area contributed by atoms with Crippen molar-refractivity contribution in [3.8, 4) is 11.1 Å². The van der Waals surface area contributed by atoms with Gasteiger partial charge in [-0.05, 0) is 17.7 Å². The van der Waals surface area contributed by atoms with E-state index in [1.165, 1.54) is 4.57 Å². The normalized spacial score (nSPS) is 10.6. The molecular formula is C15H17N2O+. The fraction of sp³-hybridized carbons (Fsp3) is 0.200.